The number of nitrogens with zero attached hydrogens (tertiary/aromatic N) is 1. The van der Waals surface area contributed by atoms with E-state index in [9.17, 15) is 5.11 Å². The van der Waals surface area contributed by atoms with Gasteiger partial charge in [0.25, 0.3) is 0 Å². The molecule has 0 amide bonds. The van der Waals surface area contributed by atoms with Crippen LogP contribution in [0.3, 0.4) is 0 Å². The van der Waals surface area contributed by atoms with Gasteiger partial charge in [-0.15, -0.1) is 0 Å². The summed E-state index contributed by atoms with van der Waals surface area (Å²) in [6.07, 6.45) is 0.250. The van der Waals surface area contributed by atoms with Crippen LogP contribution in [0.2, 0.25) is 0 Å². The minimum atomic E-state index is -0.450. The van der Waals surface area contributed by atoms with E-state index >= 15 is 0 Å². The molecule has 1 N–H and O–H groups in total. The maximum Gasteiger partial charge on any atom is 0.0817 e. The van der Waals surface area contributed by atoms with Gasteiger partial charge in [0.1, 0.15) is 0 Å². The van der Waals surface area contributed by atoms with Gasteiger partial charge in [0.15, 0.2) is 0 Å². The molecule has 0 aliphatic rings. The van der Waals surface area contributed by atoms with Gasteiger partial charge >= 0.3 is 0 Å². The van der Waals surface area contributed by atoms with Crippen molar-refractivity contribution in [2.24, 2.45) is 0 Å². The third-order valence-electron chi connectivity index (χ3n) is 3.65. The average molecular weight is 348 g/mol. The molecule has 112 valence electrons. The number of hydrogen-bond donors (Lipinski definition) is 1. The molecule has 2 rings (SSSR count). The van der Waals surface area contributed by atoms with Crippen LogP contribution in [-0.2, 0) is 0 Å². The topological polar surface area (TPSA) is 23.5 Å². The Morgan fingerprint density at radius 2 is 1.71 bits per heavy atom. The molecular formula is C18H22BrNO. The van der Waals surface area contributed by atoms with Gasteiger partial charge in [-0.25, -0.2) is 0 Å². The maximum absolute atomic E-state index is 10.3. The SMILES string of the molecule is Cc1cc(C)cc(N(C)CCC(O)c2ccccc2Br)c1. The van der Waals surface area contributed by atoms with Crippen molar-refractivity contribution < 1.29 is 5.11 Å². The molecule has 0 heterocycles. The maximum atomic E-state index is 10.3. The zero-order valence-corrected chi connectivity index (χ0v) is 14.4. The Bertz CT molecular complexity index is 592. The predicted octanol–water partition coefficient (Wildman–Crippen LogP) is 4.63. The van der Waals surface area contributed by atoms with Crippen LogP contribution in [0.15, 0.2) is 46.9 Å². The number of aliphatic hydroxyl groups excluding tert-OH is 1. The highest BCUT2D eigenvalue weighted by Gasteiger charge is 2.12. The van der Waals surface area contributed by atoms with E-state index in [1.54, 1.807) is 0 Å². The molecule has 0 aromatic heterocycles. The van der Waals surface area contributed by atoms with Crippen LogP contribution in [0.25, 0.3) is 0 Å². The molecular weight excluding hydrogens is 326 g/mol. The number of aliphatic hydroxyl groups is 1. The molecule has 3 heteroatoms. The lowest BCUT2D eigenvalue weighted by Gasteiger charge is -2.22. The zero-order valence-electron chi connectivity index (χ0n) is 12.8. The van der Waals surface area contributed by atoms with E-state index in [4.69, 9.17) is 0 Å². The molecule has 0 radical (unpaired) electrons. The van der Waals surface area contributed by atoms with Gasteiger partial charge in [-0.3, -0.25) is 0 Å². The molecule has 0 saturated carbocycles. The number of halogens is 1. The number of benzene rings is 2. The van der Waals surface area contributed by atoms with E-state index < -0.39 is 6.10 Å². The Hall–Kier alpha value is -1.32. The van der Waals surface area contributed by atoms with Gasteiger partial charge in [-0.1, -0.05) is 40.2 Å². The van der Waals surface area contributed by atoms with Gasteiger partial charge in [0.2, 0.25) is 0 Å². The van der Waals surface area contributed by atoms with Crippen LogP contribution < -0.4 is 4.90 Å². The van der Waals surface area contributed by atoms with Crippen molar-refractivity contribution in [2.45, 2.75) is 26.4 Å². The van der Waals surface area contributed by atoms with Crippen LogP contribution in [0.4, 0.5) is 5.69 Å². The van der Waals surface area contributed by atoms with Gasteiger partial charge in [0.05, 0.1) is 6.10 Å². The number of hydrogen-bond acceptors (Lipinski definition) is 2. The van der Waals surface area contributed by atoms with Crippen LogP contribution in [0.5, 0.6) is 0 Å². The second-order valence-corrected chi connectivity index (χ2v) is 6.45. The van der Waals surface area contributed by atoms with E-state index in [0.717, 1.165) is 16.6 Å². The van der Waals surface area contributed by atoms with Gasteiger partial charge in [0, 0.05) is 23.8 Å². The van der Waals surface area contributed by atoms with E-state index in [1.165, 1.54) is 16.8 Å². The smallest absolute Gasteiger partial charge is 0.0817 e. The van der Waals surface area contributed by atoms with Crippen molar-refractivity contribution in [3.8, 4) is 0 Å². The van der Waals surface area contributed by atoms with E-state index in [1.807, 2.05) is 24.3 Å². The molecule has 0 spiro atoms. The molecule has 21 heavy (non-hydrogen) atoms. The Labute approximate surface area is 135 Å². The normalized spacial score (nSPS) is 12.2. The number of rotatable bonds is 5. The van der Waals surface area contributed by atoms with E-state index in [0.29, 0.717) is 6.42 Å². The van der Waals surface area contributed by atoms with E-state index in [2.05, 4.69) is 59.9 Å². The number of aryl methyl sites for hydroxylation is 2. The molecule has 0 saturated heterocycles. The Balaban J connectivity index is 2.00. The molecule has 1 atom stereocenters. The molecule has 0 aliphatic heterocycles. The molecule has 2 aromatic carbocycles. The quantitative estimate of drug-likeness (QED) is 0.852. The zero-order chi connectivity index (χ0) is 15.4. The Morgan fingerprint density at radius 1 is 1.10 bits per heavy atom. The standard InChI is InChI=1S/C18H22BrNO/c1-13-10-14(2)12-15(11-13)20(3)9-8-18(21)16-6-4-5-7-17(16)19/h4-7,10-12,18,21H,8-9H2,1-3H3. The van der Waals surface area contributed by atoms with Crippen LogP contribution in [0, 0.1) is 13.8 Å². The minimum absolute atomic E-state index is 0.450. The first-order valence-corrected chi connectivity index (χ1v) is 7.98. The van der Waals surface area contributed by atoms with Crippen molar-refractivity contribution in [3.63, 3.8) is 0 Å². The summed E-state index contributed by atoms with van der Waals surface area (Å²) in [5.41, 5.74) is 4.68. The summed E-state index contributed by atoms with van der Waals surface area (Å²) >= 11 is 3.49. The summed E-state index contributed by atoms with van der Waals surface area (Å²) < 4.78 is 0.964. The molecule has 2 nitrogen and oxygen atoms in total. The van der Waals surface area contributed by atoms with Crippen LogP contribution in [-0.4, -0.2) is 18.7 Å². The van der Waals surface area contributed by atoms with Crippen molar-refractivity contribution in [1.29, 1.82) is 0 Å². The fourth-order valence-electron chi connectivity index (χ4n) is 2.52. The number of anilines is 1. The highest BCUT2D eigenvalue weighted by atomic mass is 79.9. The summed E-state index contributed by atoms with van der Waals surface area (Å²) in [6, 6.07) is 14.4. The summed E-state index contributed by atoms with van der Waals surface area (Å²) in [6.45, 7) is 5.03. The van der Waals surface area contributed by atoms with Crippen molar-refractivity contribution in [2.75, 3.05) is 18.5 Å². The van der Waals surface area contributed by atoms with Crippen molar-refractivity contribution in [1.82, 2.24) is 0 Å². The third kappa shape index (κ3) is 4.32. The second kappa shape index (κ2) is 7.10. The lowest BCUT2D eigenvalue weighted by Crippen LogP contribution is -2.20. The third-order valence-corrected chi connectivity index (χ3v) is 4.37. The first-order valence-electron chi connectivity index (χ1n) is 7.19. The lowest BCUT2D eigenvalue weighted by molar-refractivity contribution is 0.169. The molecule has 1 unspecified atom stereocenters. The van der Waals surface area contributed by atoms with Gasteiger partial charge in [-0.2, -0.15) is 0 Å². The molecule has 2 aromatic rings. The average Bonchev–Trinajstić information content (AvgIpc) is 2.43. The summed E-state index contributed by atoms with van der Waals surface area (Å²) in [5, 5.41) is 10.3. The highest BCUT2D eigenvalue weighted by molar-refractivity contribution is 9.10. The Kier molecular flexibility index (Phi) is 5.43. The Morgan fingerprint density at radius 3 is 2.33 bits per heavy atom. The second-order valence-electron chi connectivity index (χ2n) is 5.59. The molecule has 0 fully saturated rings. The van der Waals surface area contributed by atoms with Crippen LogP contribution >= 0.6 is 15.9 Å². The van der Waals surface area contributed by atoms with Crippen molar-refractivity contribution in [3.05, 3.63) is 63.6 Å². The molecule has 0 bridgehead atoms. The minimum Gasteiger partial charge on any atom is -0.388 e. The summed E-state index contributed by atoms with van der Waals surface area (Å²) in [5.74, 6) is 0. The fourth-order valence-corrected chi connectivity index (χ4v) is 3.07. The first kappa shape index (κ1) is 16.1. The van der Waals surface area contributed by atoms with Crippen molar-refractivity contribution >= 4 is 21.6 Å². The summed E-state index contributed by atoms with van der Waals surface area (Å²) in [4.78, 5) is 2.19. The largest absolute Gasteiger partial charge is 0.388 e. The lowest BCUT2D eigenvalue weighted by atomic mass is 10.1. The van der Waals surface area contributed by atoms with Gasteiger partial charge < -0.3 is 10.0 Å². The van der Waals surface area contributed by atoms with E-state index in [-0.39, 0.29) is 0 Å². The van der Waals surface area contributed by atoms with Crippen LogP contribution in [0.1, 0.15) is 29.2 Å². The molecule has 0 aliphatic carbocycles. The fraction of sp³-hybridized carbons (Fsp3) is 0.333. The predicted molar refractivity (Wildman–Crippen MR) is 92.9 cm³/mol. The monoisotopic (exact) mass is 347 g/mol. The highest BCUT2D eigenvalue weighted by Crippen LogP contribution is 2.26. The van der Waals surface area contributed by atoms with Gasteiger partial charge in [-0.05, 0) is 55.2 Å². The summed E-state index contributed by atoms with van der Waals surface area (Å²) in [7, 11) is 2.07. The first-order chi connectivity index (χ1) is 9.97.